The highest BCUT2D eigenvalue weighted by atomic mass is 16.4. The maximum atomic E-state index is 13.4. The summed E-state index contributed by atoms with van der Waals surface area (Å²) in [5, 5.41) is 32.2. The average Bonchev–Trinajstić information content (AvgIpc) is 3.22. The van der Waals surface area contributed by atoms with E-state index in [1.807, 2.05) is 0 Å². The highest BCUT2D eigenvalue weighted by Gasteiger charge is 2.56. The van der Waals surface area contributed by atoms with E-state index >= 15 is 0 Å². The van der Waals surface area contributed by atoms with Crippen LogP contribution in [0.15, 0.2) is 72.9 Å². The van der Waals surface area contributed by atoms with Crippen LogP contribution in [0.3, 0.4) is 0 Å². The summed E-state index contributed by atoms with van der Waals surface area (Å²) in [6.45, 7) is 6.59. The fraction of sp³-hybridized carbons (Fsp3) is 0.722. The van der Waals surface area contributed by atoms with Gasteiger partial charge in [0.2, 0.25) is 0 Å². The molecular weight excluding hydrogens is 745 g/mol. The number of hydrogen-bond donors (Lipinski definition) is 3. The SMILES string of the molecule is CC/C=C\C/C=C\C/C=C\CCCCCCC(C(=O)O)C(CCCCCC/C=C\CCCCCCCC)(C(=O)O)C(CCCCCC/C=C\C/C=C\CCCCC)C(=O)O. The predicted octanol–water partition coefficient (Wildman–Crippen LogP) is 16.7. The molecule has 3 unspecified atom stereocenters. The number of carboxylic acids is 3. The highest BCUT2D eigenvalue weighted by Crippen LogP contribution is 2.47. The fourth-order valence-electron chi connectivity index (χ4n) is 8.28. The van der Waals surface area contributed by atoms with Crippen molar-refractivity contribution in [3.05, 3.63) is 72.9 Å². The van der Waals surface area contributed by atoms with Gasteiger partial charge >= 0.3 is 17.9 Å². The summed E-state index contributed by atoms with van der Waals surface area (Å²) >= 11 is 0. The molecule has 3 N–H and O–H groups in total. The highest BCUT2D eigenvalue weighted by molar-refractivity contribution is 5.88. The van der Waals surface area contributed by atoms with Crippen LogP contribution in [0.1, 0.15) is 233 Å². The minimum Gasteiger partial charge on any atom is -0.481 e. The maximum absolute atomic E-state index is 13.4. The Hall–Kier alpha value is -3.15. The van der Waals surface area contributed by atoms with E-state index in [0.29, 0.717) is 19.3 Å². The van der Waals surface area contributed by atoms with Crippen LogP contribution in [0.25, 0.3) is 0 Å². The zero-order chi connectivity index (χ0) is 44.2. The quantitative estimate of drug-likeness (QED) is 0.0416. The Kier molecular flexibility index (Phi) is 40.3. The van der Waals surface area contributed by atoms with Crippen LogP contribution in [0.2, 0.25) is 0 Å². The van der Waals surface area contributed by atoms with Gasteiger partial charge < -0.3 is 15.3 Å². The molecule has 344 valence electrons. The summed E-state index contributed by atoms with van der Waals surface area (Å²) in [5.74, 6) is -6.10. The lowest BCUT2D eigenvalue weighted by Crippen LogP contribution is -2.51. The molecule has 0 saturated carbocycles. The molecule has 0 amide bonds. The van der Waals surface area contributed by atoms with E-state index in [1.165, 1.54) is 57.8 Å². The minimum absolute atomic E-state index is 0.0795. The van der Waals surface area contributed by atoms with Crippen molar-refractivity contribution in [2.45, 2.75) is 233 Å². The summed E-state index contributed by atoms with van der Waals surface area (Å²) in [6, 6.07) is 0. The summed E-state index contributed by atoms with van der Waals surface area (Å²) in [7, 11) is 0. The first-order valence-corrected chi connectivity index (χ1v) is 24.9. The van der Waals surface area contributed by atoms with E-state index in [9.17, 15) is 29.7 Å². The standard InChI is InChI=1S/C54H92O6/c1-4-7-10-13-16-19-22-25-28-31-34-37-40-43-46-49(51(55)56)54(53(59)60,48-45-42-39-36-33-30-27-24-21-18-15-12-9-6-3)50(52(57)58)47-44-41-38-35-32-29-26-23-20-17-14-11-8-5-2/h7,10,16-17,19-20,25-30,49-50H,4-6,8-9,11-15,18,21-24,31-48H2,1-3H3,(H,55,56)(H,57,58)(H,59,60)/b10-7-,19-16-,20-17-,28-25-,29-26-,30-27-. The Morgan fingerprint density at radius 2 is 0.683 bits per heavy atom. The third-order valence-corrected chi connectivity index (χ3v) is 11.9. The molecule has 0 aliphatic rings. The van der Waals surface area contributed by atoms with Crippen molar-refractivity contribution >= 4 is 17.9 Å². The molecular formula is C54H92O6. The predicted molar refractivity (Wildman–Crippen MR) is 257 cm³/mol. The van der Waals surface area contributed by atoms with Gasteiger partial charge in [-0.15, -0.1) is 0 Å². The van der Waals surface area contributed by atoms with Crippen molar-refractivity contribution in [3.8, 4) is 0 Å². The number of aliphatic carboxylic acids is 3. The van der Waals surface area contributed by atoms with Crippen LogP contribution >= 0.6 is 0 Å². The van der Waals surface area contributed by atoms with Gasteiger partial charge in [-0.25, -0.2) is 0 Å². The summed E-state index contributed by atoms with van der Waals surface area (Å²) in [6.07, 6.45) is 57.2. The molecule has 3 atom stereocenters. The van der Waals surface area contributed by atoms with Crippen molar-refractivity contribution in [3.63, 3.8) is 0 Å². The number of unbranched alkanes of at least 4 members (excludes halogenated alkanes) is 21. The number of hydrogen-bond acceptors (Lipinski definition) is 3. The van der Waals surface area contributed by atoms with E-state index < -0.39 is 35.2 Å². The van der Waals surface area contributed by atoms with Gasteiger partial charge in [0, 0.05) is 0 Å². The molecule has 0 aliphatic carbocycles. The smallest absolute Gasteiger partial charge is 0.311 e. The fourth-order valence-corrected chi connectivity index (χ4v) is 8.28. The van der Waals surface area contributed by atoms with Gasteiger partial charge in [-0.05, 0) is 109 Å². The van der Waals surface area contributed by atoms with Crippen LogP contribution in [-0.4, -0.2) is 33.2 Å². The van der Waals surface area contributed by atoms with Gasteiger partial charge in [0.05, 0.1) is 17.3 Å². The molecule has 6 nitrogen and oxygen atoms in total. The number of carboxylic acid groups (broad SMARTS) is 3. The zero-order valence-corrected chi connectivity index (χ0v) is 39.0. The molecule has 0 aromatic rings. The number of carbonyl (C=O) groups is 3. The van der Waals surface area contributed by atoms with Gasteiger partial charge in [-0.3, -0.25) is 14.4 Å². The minimum atomic E-state index is -1.84. The number of allylic oxidation sites excluding steroid dienone is 12. The van der Waals surface area contributed by atoms with Crippen molar-refractivity contribution in [2.24, 2.45) is 17.3 Å². The topological polar surface area (TPSA) is 112 Å². The first-order chi connectivity index (χ1) is 29.3. The molecule has 0 spiro atoms. The third kappa shape index (κ3) is 30.8. The van der Waals surface area contributed by atoms with E-state index in [2.05, 4.69) is 93.7 Å². The van der Waals surface area contributed by atoms with E-state index in [1.54, 1.807) is 0 Å². The summed E-state index contributed by atoms with van der Waals surface area (Å²) < 4.78 is 0. The van der Waals surface area contributed by atoms with Crippen LogP contribution < -0.4 is 0 Å². The first kappa shape index (κ1) is 56.9. The molecule has 0 heterocycles. The molecule has 0 aromatic heterocycles. The van der Waals surface area contributed by atoms with Crippen molar-refractivity contribution in [1.29, 1.82) is 0 Å². The van der Waals surface area contributed by atoms with Crippen LogP contribution in [0, 0.1) is 17.3 Å². The first-order valence-electron chi connectivity index (χ1n) is 24.9. The molecule has 0 radical (unpaired) electrons. The Morgan fingerprint density at radius 3 is 1.07 bits per heavy atom. The molecule has 0 aromatic carbocycles. The molecule has 60 heavy (non-hydrogen) atoms. The molecule has 0 aliphatic heterocycles. The Balaban J connectivity index is 5.39. The molecule has 0 rings (SSSR count). The largest absolute Gasteiger partial charge is 0.481 e. The second-order valence-corrected chi connectivity index (χ2v) is 17.1. The molecule has 0 fully saturated rings. The van der Waals surface area contributed by atoms with Gasteiger partial charge in [0.1, 0.15) is 0 Å². The molecule has 6 heteroatoms. The lowest BCUT2D eigenvalue weighted by atomic mass is 9.60. The van der Waals surface area contributed by atoms with Crippen molar-refractivity contribution in [1.82, 2.24) is 0 Å². The van der Waals surface area contributed by atoms with E-state index in [0.717, 1.165) is 116 Å². The molecule has 0 saturated heterocycles. The third-order valence-electron chi connectivity index (χ3n) is 11.9. The summed E-state index contributed by atoms with van der Waals surface area (Å²) in [4.78, 5) is 39.4. The second kappa shape index (κ2) is 42.5. The lowest BCUT2D eigenvalue weighted by molar-refractivity contribution is -0.176. The Bertz CT molecular complexity index is 1210. The number of rotatable bonds is 44. The van der Waals surface area contributed by atoms with Crippen LogP contribution in [0.4, 0.5) is 0 Å². The van der Waals surface area contributed by atoms with Gasteiger partial charge in [-0.1, -0.05) is 196 Å². The second-order valence-electron chi connectivity index (χ2n) is 17.1. The van der Waals surface area contributed by atoms with Crippen molar-refractivity contribution < 1.29 is 29.7 Å². The van der Waals surface area contributed by atoms with Crippen LogP contribution in [-0.2, 0) is 14.4 Å². The van der Waals surface area contributed by atoms with Crippen LogP contribution in [0.5, 0.6) is 0 Å². The Labute approximate surface area is 369 Å². The van der Waals surface area contributed by atoms with E-state index in [4.69, 9.17) is 0 Å². The lowest BCUT2D eigenvalue weighted by Gasteiger charge is -2.40. The van der Waals surface area contributed by atoms with E-state index in [-0.39, 0.29) is 19.3 Å². The molecule has 0 bridgehead atoms. The Morgan fingerprint density at radius 1 is 0.383 bits per heavy atom. The van der Waals surface area contributed by atoms with Gasteiger partial charge in [-0.2, -0.15) is 0 Å². The monoisotopic (exact) mass is 837 g/mol. The average molecular weight is 837 g/mol. The zero-order valence-electron chi connectivity index (χ0n) is 39.0. The van der Waals surface area contributed by atoms with Gasteiger partial charge in [0.25, 0.3) is 0 Å². The van der Waals surface area contributed by atoms with Gasteiger partial charge in [0.15, 0.2) is 0 Å². The summed E-state index contributed by atoms with van der Waals surface area (Å²) in [5.41, 5.74) is -1.84. The maximum Gasteiger partial charge on any atom is 0.311 e. The van der Waals surface area contributed by atoms with Crippen molar-refractivity contribution in [2.75, 3.05) is 0 Å². The normalized spacial score (nSPS) is 14.4.